The number of hydrogen-bond acceptors (Lipinski definition) is 6. The second-order valence-corrected chi connectivity index (χ2v) is 9.38. The van der Waals surface area contributed by atoms with Crippen molar-refractivity contribution in [2.45, 2.75) is 20.1 Å². The van der Waals surface area contributed by atoms with Crippen molar-refractivity contribution in [3.8, 4) is 5.75 Å². The number of amides is 1. The minimum atomic E-state index is -0.147. The van der Waals surface area contributed by atoms with Gasteiger partial charge in [0.2, 0.25) is 5.91 Å². The minimum Gasteiger partial charge on any atom is -0.487 e. The fourth-order valence-electron chi connectivity index (χ4n) is 3.67. The van der Waals surface area contributed by atoms with E-state index in [2.05, 4.69) is 39.3 Å². The highest BCUT2D eigenvalue weighted by atomic mass is 32.1. The zero-order valence-electron chi connectivity index (χ0n) is 19.2. The van der Waals surface area contributed by atoms with Gasteiger partial charge < -0.3 is 15.0 Å². The van der Waals surface area contributed by atoms with Crippen molar-refractivity contribution in [2.24, 2.45) is 0 Å². The molecule has 0 aliphatic carbocycles. The summed E-state index contributed by atoms with van der Waals surface area (Å²) in [5, 5.41) is 6.01. The normalized spacial score (nSPS) is 15.1. The summed E-state index contributed by atoms with van der Waals surface area (Å²) in [7, 11) is 2.16. The van der Waals surface area contributed by atoms with Crippen LogP contribution in [-0.4, -0.2) is 53.9 Å². The quantitative estimate of drug-likeness (QED) is 0.502. The van der Waals surface area contributed by atoms with E-state index in [1.165, 1.54) is 5.56 Å². The number of carbonyl (C=O) groups is 1. The predicted octanol–water partition coefficient (Wildman–Crippen LogP) is 4.43. The summed E-state index contributed by atoms with van der Waals surface area (Å²) in [5.74, 6) is 0.630. The molecule has 1 saturated heterocycles. The Bertz CT molecular complexity index is 1090. The van der Waals surface area contributed by atoms with Crippen molar-refractivity contribution in [2.75, 3.05) is 38.5 Å². The molecule has 1 N–H and O–H groups in total. The third kappa shape index (κ3) is 7.25. The van der Waals surface area contributed by atoms with E-state index in [4.69, 9.17) is 4.74 Å². The number of hydrogen-bond donors (Lipinski definition) is 1. The number of nitrogens with one attached hydrogen (secondary N) is 1. The second-order valence-electron chi connectivity index (χ2n) is 8.32. The number of rotatable bonds is 8. The maximum absolute atomic E-state index is 12.4. The first-order valence-corrected chi connectivity index (χ1v) is 12.0. The van der Waals surface area contributed by atoms with Crippen LogP contribution in [0.4, 0.5) is 5.69 Å². The summed E-state index contributed by atoms with van der Waals surface area (Å²) in [6.07, 6.45) is 3.36. The Balaban J connectivity index is 1.26. The first-order chi connectivity index (χ1) is 16.0. The van der Waals surface area contributed by atoms with Gasteiger partial charge in [0.15, 0.2) is 0 Å². The maximum atomic E-state index is 12.4. The van der Waals surface area contributed by atoms with Gasteiger partial charge in [-0.1, -0.05) is 24.3 Å². The van der Waals surface area contributed by atoms with Crippen LogP contribution in [0.3, 0.4) is 0 Å². The topological polar surface area (TPSA) is 57.7 Å². The highest BCUT2D eigenvalue weighted by Gasteiger charge is 2.14. The van der Waals surface area contributed by atoms with E-state index in [1.54, 1.807) is 23.5 Å². The monoisotopic (exact) mass is 462 g/mol. The number of thiazole rings is 1. The Labute approximate surface area is 199 Å². The SMILES string of the molecule is Cc1nc(COc2ccc(C=CC(=O)Nc3cccc(CN4CCN(C)CC4)c3)cc2)cs1. The fraction of sp³-hybridized carbons (Fsp3) is 0.308. The Morgan fingerprint density at radius 1 is 1.15 bits per heavy atom. The second kappa shape index (κ2) is 11.2. The van der Waals surface area contributed by atoms with Crippen molar-refractivity contribution in [3.63, 3.8) is 0 Å². The Kier molecular flexibility index (Phi) is 7.88. The number of benzene rings is 2. The van der Waals surface area contributed by atoms with Crippen LogP contribution in [0.2, 0.25) is 0 Å². The molecule has 2 aromatic carbocycles. The van der Waals surface area contributed by atoms with E-state index in [1.807, 2.05) is 48.7 Å². The molecule has 172 valence electrons. The molecule has 2 heterocycles. The van der Waals surface area contributed by atoms with Crippen molar-refractivity contribution >= 4 is 29.0 Å². The number of aromatic nitrogens is 1. The third-order valence-electron chi connectivity index (χ3n) is 5.56. The number of nitrogens with zero attached hydrogens (tertiary/aromatic N) is 3. The molecule has 1 aliphatic rings. The van der Waals surface area contributed by atoms with Gasteiger partial charge in [-0.2, -0.15) is 0 Å². The van der Waals surface area contributed by atoms with E-state index in [0.717, 1.165) is 60.4 Å². The van der Waals surface area contributed by atoms with Crippen molar-refractivity contribution in [3.05, 3.63) is 81.8 Å². The Morgan fingerprint density at radius 2 is 1.94 bits per heavy atom. The molecule has 3 aromatic rings. The van der Waals surface area contributed by atoms with Crippen LogP contribution in [0.15, 0.2) is 60.0 Å². The molecule has 4 rings (SSSR count). The van der Waals surface area contributed by atoms with Gasteiger partial charge in [0.1, 0.15) is 12.4 Å². The lowest BCUT2D eigenvalue weighted by molar-refractivity contribution is -0.111. The first kappa shape index (κ1) is 23.2. The van der Waals surface area contributed by atoms with Gasteiger partial charge in [-0.3, -0.25) is 9.69 Å². The molecule has 1 fully saturated rings. The van der Waals surface area contributed by atoms with Gasteiger partial charge in [-0.25, -0.2) is 4.98 Å². The smallest absolute Gasteiger partial charge is 0.248 e. The molecule has 0 bridgehead atoms. The number of carbonyl (C=O) groups excluding carboxylic acids is 1. The van der Waals surface area contributed by atoms with Crippen LogP contribution in [0.5, 0.6) is 5.75 Å². The van der Waals surface area contributed by atoms with Gasteiger partial charge in [0.05, 0.1) is 10.7 Å². The molecular formula is C26H30N4O2S. The fourth-order valence-corrected chi connectivity index (χ4v) is 4.27. The van der Waals surface area contributed by atoms with Gasteiger partial charge in [-0.05, 0) is 55.4 Å². The number of aryl methyl sites for hydroxylation is 1. The van der Waals surface area contributed by atoms with Crippen LogP contribution in [0.1, 0.15) is 21.8 Å². The molecule has 0 spiro atoms. The van der Waals surface area contributed by atoms with E-state index < -0.39 is 0 Å². The molecule has 0 atom stereocenters. The van der Waals surface area contributed by atoms with Crippen molar-refractivity contribution < 1.29 is 9.53 Å². The van der Waals surface area contributed by atoms with Crippen LogP contribution in [0, 0.1) is 6.92 Å². The molecule has 7 heteroatoms. The molecule has 0 saturated carbocycles. The lowest BCUT2D eigenvalue weighted by Crippen LogP contribution is -2.43. The number of piperazine rings is 1. The molecule has 0 unspecified atom stereocenters. The maximum Gasteiger partial charge on any atom is 0.248 e. The zero-order valence-corrected chi connectivity index (χ0v) is 20.0. The van der Waals surface area contributed by atoms with E-state index >= 15 is 0 Å². The van der Waals surface area contributed by atoms with Crippen LogP contribution in [-0.2, 0) is 17.9 Å². The highest BCUT2D eigenvalue weighted by molar-refractivity contribution is 7.09. The molecule has 1 amide bonds. The standard InChI is InChI=1S/C26H30N4O2S/c1-20-27-24(19-33-20)18-32-25-9-6-21(7-10-25)8-11-26(31)28-23-5-3-4-22(16-23)17-30-14-12-29(2)13-15-30/h3-11,16,19H,12-15,17-18H2,1-2H3,(H,28,31). The molecule has 1 aromatic heterocycles. The molecule has 1 aliphatic heterocycles. The Hall–Kier alpha value is -3.00. The minimum absolute atomic E-state index is 0.147. The van der Waals surface area contributed by atoms with Gasteiger partial charge in [0, 0.05) is 49.9 Å². The molecular weight excluding hydrogens is 432 g/mol. The molecule has 6 nitrogen and oxygen atoms in total. The highest BCUT2D eigenvalue weighted by Crippen LogP contribution is 2.17. The van der Waals surface area contributed by atoms with E-state index in [0.29, 0.717) is 6.61 Å². The average molecular weight is 463 g/mol. The van der Waals surface area contributed by atoms with Crippen molar-refractivity contribution in [1.29, 1.82) is 0 Å². The van der Waals surface area contributed by atoms with E-state index in [9.17, 15) is 4.79 Å². The van der Waals surface area contributed by atoms with Crippen LogP contribution >= 0.6 is 11.3 Å². The number of likely N-dealkylation sites (N-methyl/N-ethyl adjacent to an activating group) is 1. The van der Waals surface area contributed by atoms with Gasteiger partial charge in [0.25, 0.3) is 0 Å². The molecule has 0 radical (unpaired) electrons. The van der Waals surface area contributed by atoms with Gasteiger partial charge >= 0.3 is 0 Å². The largest absolute Gasteiger partial charge is 0.487 e. The first-order valence-electron chi connectivity index (χ1n) is 11.2. The summed E-state index contributed by atoms with van der Waals surface area (Å²) in [6.45, 7) is 7.69. The summed E-state index contributed by atoms with van der Waals surface area (Å²) in [4.78, 5) is 21.6. The average Bonchev–Trinajstić information content (AvgIpc) is 3.24. The summed E-state index contributed by atoms with van der Waals surface area (Å²) in [6, 6.07) is 15.8. The van der Waals surface area contributed by atoms with E-state index in [-0.39, 0.29) is 5.91 Å². The summed E-state index contributed by atoms with van der Waals surface area (Å²) < 4.78 is 5.77. The lowest BCUT2D eigenvalue weighted by atomic mass is 10.1. The summed E-state index contributed by atoms with van der Waals surface area (Å²) in [5.41, 5.74) is 3.90. The molecule has 33 heavy (non-hydrogen) atoms. The van der Waals surface area contributed by atoms with Crippen molar-refractivity contribution in [1.82, 2.24) is 14.8 Å². The van der Waals surface area contributed by atoms with Gasteiger partial charge in [-0.15, -0.1) is 11.3 Å². The summed E-state index contributed by atoms with van der Waals surface area (Å²) >= 11 is 1.62. The Morgan fingerprint density at radius 3 is 2.67 bits per heavy atom. The number of ether oxygens (including phenoxy) is 1. The zero-order chi connectivity index (χ0) is 23.0. The van der Waals surface area contributed by atoms with Crippen LogP contribution in [0.25, 0.3) is 6.08 Å². The lowest BCUT2D eigenvalue weighted by Gasteiger charge is -2.32. The predicted molar refractivity (Wildman–Crippen MR) is 135 cm³/mol. The number of anilines is 1. The third-order valence-corrected chi connectivity index (χ3v) is 6.38. The van der Waals surface area contributed by atoms with Crippen LogP contribution < -0.4 is 10.1 Å².